The molecule has 0 bridgehead atoms. The molecule has 3 heterocycles. The fourth-order valence-electron chi connectivity index (χ4n) is 5.14. The Morgan fingerprint density at radius 3 is 2.51 bits per heavy atom. The number of amides is 3. The van der Waals surface area contributed by atoms with E-state index in [0.29, 0.717) is 35.4 Å². The van der Waals surface area contributed by atoms with Crippen LogP contribution in [0.1, 0.15) is 64.0 Å². The summed E-state index contributed by atoms with van der Waals surface area (Å²) >= 11 is 0. The Balaban J connectivity index is 1.22. The van der Waals surface area contributed by atoms with Gasteiger partial charge in [0.05, 0.1) is 30.7 Å². The summed E-state index contributed by atoms with van der Waals surface area (Å²) in [5.41, 5.74) is 4.82. The summed E-state index contributed by atoms with van der Waals surface area (Å²) in [4.78, 5) is 44.2. The molecule has 45 heavy (non-hydrogen) atoms. The number of pyridine rings is 1. The van der Waals surface area contributed by atoms with Crippen molar-refractivity contribution in [3.8, 4) is 16.9 Å². The van der Waals surface area contributed by atoms with Crippen molar-refractivity contribution < 1.29 is 19.1 Å². The van der Waals surface area contributed by atoms with Crippen LogP contribution in [0.4, 0.5) is 17.2 Å². The second kappa shape index (κ2) is 12.3. The molecule has 3 amide bonds. The third kappa shape index (κ3) is 6.33. The number of aromatic nitrogens is 5. The molecular weight excluding hydrogens is 574 g/mol. The quantitative estimate of drug-likeness (QED) is 0.228. The van der Waals surface area contributed by atoms with E-state index in [-0.39, 0.29) is 29.2 Å². The van der Waals surface area contributed by atoms with E-state index in [1.165, 1.54) is 7.05 Å². The Kier molecular flexibility index (Phi) is 8.16. The normalized spacial score (nSPS) is 14.0. The number of rotatable bonds is 11. The molecular formula is C32H35N9O4. The summed E-state index contributed by atoms with van der Waals surface area (Å²) in [6.45, 7) is 2.48. The smallest absolute Gasteiger partial charge is 0.273 e. The maximum absolute atomic E-state index is 13.2. The van der Waals surface area contributed by atoms with Crippen molar-refractivity contribution >= 4 is 34.9 Å². The summed E-state index contributed by atoms with van der Waals surface area (Å²) in [6.07, 6.45) is 7.46. The first-order valence-corrected chi connectivity index (χ1v) is 14.9. The number of carbonyl (C=O) groups is 3. The van der Waals surface area contributed by atoms with E-state index < -0.39 is 5.91 Å². The molecule has 6 rings (SSSR count). The van der Waals surface area contributed by atoms with Crippen molar-refractivity contribution in [3.05, 3.63) is 71.4 Å². The third-order valence-electron chi connectivity index (χ3n) is 8.01. The number of benzene rings is 1. The monoisotopic (exact) mass is 609 g/mol. The van der Waals surface area contributed by atoms with Crippen LogP contribution in [-0.2, 0) is 11.3 Å². The maximum atomic E-state index is 13.2. The minimum absolute atomic E-state index is 0.0180. The van der Waals surface area contributed by atoms with Crippen molar-refractivity contribution in [1.82, 2.24) is 35.2 Å². The average molecular weight is 610 g/mol. The zero-order valence-corrected chi connectivity index (χ0v) is 25.6. The van der Waals surface area contributed by atoms with Gasteiger partial charge >= 0.3 is 0 Å². The number of anilines is 3. The Bertz CT molecular complexity index is 1760. The molecule has 3 N–H and O–H groups in total. The van der Waals surface area contributed by atoms with Gasteiger partial charge in [0.25, 0.3) is 11.8 Å². The Labute approximate surface area is 260 Å². The first-order chi connectivity index (χ1) is 21.8. The van der Waals surface area contributed by atoms with E-state index in [0.717, 1.165) is 48.1 Å². The van der Waals surface area contributed by atoms with Crippen LogP contribution in [0.2, 0.25) is 0 Å². The van der Waals surface area contributed by atoms with E-state index in [1.807, 2.05) is 36.0 Å². The Morgan fingerprint density at radius 1 is 1.04 bits per heavy atom. The van der Waals surface area contributed by atoms with Crippen molar-refractivity contribution in [2.45, 2.75) is 45.2 Å². The molecule has 2 aliphatic carbocycles. The molecule has 0 radical (unpaired) electrons. The van der Waals surface area contributed by atoms with Gasteiger partial charge in [-0.2, -0.15) is 5.10 Å². The highest BCUT2D eigenvalue weighted by Gasteiger charge is 2.30. The van der Waals surface area contributed by atoms with E-state index in [4.69, 9.17) is 4.74 Å². The zero-order valence-electron chi connectivity index (χ0n) is 25.6. The summed E-state index contributed by atoms with van der Waals surface area (Å²) in [5.74, 6) is -0.0561. The molecule has 0 unspecified atom stereocenters. The molecule has 0 spiro atoms. The Morgan fingerprint density at radius 2 is 1.84 bits per heavy atom. The molecule has 4 aromatic rings. The maximum Gasteiger partial charge on any atom is 0.273 e. The largest absolute Gasteiger partial charge is 0.494 e. The summed E-state index contributed by atoms with van der Waals surface area (Å²) in [7, 11) is 4.80. The molecule has 13 nitrogen and oxygen atoms in total. The number of hydrogen-bond donors (Lipinski definition) is 3. The first kappa shape index (κ1) is 29.7. The van der Waals surface area contributed by atoms with Crippen LogP contribution in [0.5, 0.6) is 5.75 Å². The minimum atomic E-state index is -0.443. The lowest BCUT2D eigenvalue weighted by Crippen LogP contribution is -2.27. The highest BCUT2D eigenvalue weighted by atomic mass is 16.5. The van der Waals surface area contributed by atoms with Gasteiger partial charge in [-0.05, 0) is 44.7 Å². The van der Waals surface area contributed by atoms with Crippen LogP contribution in [0.25, 0.3) is 11.1 Å². The first-order valence-electron chi connectivity index (χ1n) is 14.9. The SMILES string of the molecule is CNC(=O)c1nnc(NC(=O)C2CC2)cc1Nc1cccc(-c2ccc(C(=O)N(C)Cc3cnn(C4CC4)c3C)nc2)c1OC. The van der Waals surface area contributed by atoms with E-state index in [1.54, 1.807) is 43.5 Å². The molecule has 0 aliphatic heterocycles. The predicted molar refractivity (Wildman–Crippen MR) is 167 cm³/mol. The lowest BCUT2D eigenvalue weighted by Gasteiger charge is -2.18. The van der Waals surface area contributed by atoms with E-state index in [9.17, 15) is 14.4 Å². The van der Waals surface area contributed by atoms with Crippen molar-refractivity contribution in [3.63, 3.8) is 0 Å². The lowest BCUT2D eigenvalue weighted by molar-refractivity contribution is -0.117. The van der Waals surface area contributed by atoms with Gasteiger partial charge in [0, 0.05) is 61.2 Å². The Hall–Kier alpha value is -5.33. The number of hydrogen-bond acceptors (Lipinski definition) is 9. The zero-order chi connectivity index (χ0) is 31.7. The van der Waals surface area contributed by atoms with Gasteiger partial charge in [0.15, 0.2) is 11.5 Å². The number of ether oxygens (including phenoxy) is 1. The number of nitrogens with zero attached hydrogens (tertiary/aromatic N) is 6. The lowest BCUT2D eigenvalue weighted by atomic mass is 10.0. The standard InChI is InChI=1S/C32H35N9O4/c1-18-21(16-35-41(18)22-11-12-22)17-40(3)32(44)25-13-10-20(15-34-25)23-6-5-7-24(29(23)45-4)36-26-14-27(37-30(42)19-8-9-19)38-39-28(26)31(43)33-2/h5-7,10,13-16,19,22H,8-9,11-12,17H2,1-4H3,(H,33,43)(H2,36,37,38,42). The van der Waals surface area contributed by atoms with E-state index in [2.05, 4.69) is 36.2 Å². The van der Waals surface area contributed by atoms with Gasteiger partial charge in [0.2, 0.25) is 5.91 Å². The molecule has 2 fully saturated rings. The van der Waals surface area contributed by atoms with Gasteiger partial charge in [-0.15, -0.1) is 10.2 Å². The summed E-state index contributed by atoms with van der Waals surface area (Å²) in [6, 6.07) is 11.1. The van der Waals surface area contributed by atoms with Crippen molar-refractivity contribution in [1.29, 1.82) is 0 Å². The third-order valence-corrected chi connectivity index (χ3v) is 8.01. The summed E-state index contributed by atoms with van der Waals surface area (Å²) < 4.78 is 7.85. The van der Waals surface area contributed by atoms with Gasteiger partial charge in [0.1, 0.15) is 11.4 Å². The molecule has 1 aromatic carbocycles. The molecule has 0 saturated heterocycles. The second-order valence-electron chi connectivity index (χ2n) is 11.4. The van der Waals surface area contributed by atoms with Crippen LogP contribution in [0.3, 0.4) is 0 Å². The van der Waals surface area contributed by atoms with Crippen LogP contribution < -0.4 is 20.7 Å². The van der Waals surface area contributed by atoms with Gasteiger partial charge < -0.3 is 25.6 Å². The molecule has 2 saturated carbocycles. The molecule has 0 atom stereocenters. The fraction of sp³-hybridized carbons (Fsp3) is 0.344. The number of carbonyl (C=O) groups excluding carboxylic acids is 3. The summed E-state index contributed by atoms with van der Waals surface area (Å²) in [5, 5.41) is 21.2. The number of para-hydroxylation sites is 1. The van der Waals surface area contributed by atoms with Crippen LogP contribution in [0, 0.1) is 12.8 Å². The highest BCUT2D eigenvalue weighted by molar-refractivity contribution is 6.00. The highest BCUT2D eigenvalue weighted by Crippen LogP contribution is 2.39. The topological polar surface area (TPSA) is 156 Å². The van der Waals surface area contributed by atoms with Crippen LogP contribution in [0.15, 0.2) is 48.8 Å². The fourth-order valence-corrected chi connectivity index (χ4v) is 5.14. The predicted octanol–water partition coefficient (Wildman–Crippen LogP) is 4.11. The number of methoxy groups -OCH3 is 1. The van der Waals surface area contributed by atoms with Crippen molar-refractivity contribution in [2.75, 3.05) is 31.8 Å². The molecule has 2 aliphatic rings. The number of nitrogens with one attached hydrogen (secondary N) is 3. The molecule has 3 aromatic heterocycles. The van der Waals surface area contributed by atoms with Crippen molar-refractivity contribution in [2.24, 2.45) is 5.92 Å². The van der Waals surface area contributed by atoms with E-state index >= 15 is 0 Å². The van der Waals surface area contributed by atoms with Gasteiger partial charge in [-0.3, -0.25) is 24.0 Å². The average Bonchev–Trinajstić information content (AvgIpc) is 3.99. The van der Waals surface area contributed by atoms with Gasteiger partial charge in [-0.1, -0.05) is 18.2 Å². The molecule has 13 heteroatoms. The van der Waals surface area contributed by atoms with Crippen LogP contribution >= 0.6 is 0 Å². The van der Waals surface area contributed by atoms with Gasteiger partial charge in [-0.25, -0.2) is 0 Å². The second-order valence-corrected chi connectivity index (χ2v) is 11.4. The van der Waals surface area contributed by atoms with Crippen LogP contribution in [-0.4, -0.2) is 68.8 Å². The molecule has 232 valence electrons. The minimum Gasteiger partial charge on any atom is -0.494 e.